The number of carbonyl (C=O) groups is 1. The van der Waals surface area contributed by atoms with Gasteiger partial charge in [-0.05, 0) is 25.1 Å². The highest BCUT2D eigenvalue weighted by Crippen LogP contribution is 2.21. The Balaban J connectivity index is 2.42. The third-order valence-electron chi connectivity index (χ3n) is 1.66. The van der Waals surface area contributed by atoms with Crippen molar-refractivity contribution < 1.29 is 4.79 Å². The molecule has 0 saturated carbocycles. The van der Waals surface area contributed by atoms with Crippen molar-refractivity contribution in [3.05, 3.63) is 28.7 Å². The van der Waals surface area contributed by atoms with E-state index in [2.05, 4.69) is 27.8 Å². The number of benzene rings is 1. The van der Waals surface area contributed by atoms with E-state index >= 15 is 0 Å². The molecular weight excluding hydrogens is 272 g/mol. The van der Waals surface area contributed by atoms with Gasteiger partial charge in [0.15, 0.2) is 5.78 Å². The number of rotatable bonds is 4. The average Bonchev–Trinajstić information content (AvgIpc) is 2.23. The van der Waals surface area contributed by atoms with E-state index < -0.39 is 0 Å². The second-order valence-corrected chi connectivity index (χ2v) is 4.85. The minimum atomic E-state index is 0.175. The standard InChI is InChI=1S/C12H11BrOS/c1-2-3-6-11(14)9-15-12-7-4-5-10(13)8-12/h4-5,7-8H,6,9H2,1H3. The van der Waals surface area contributed by atoms with Crippen LogP contribution >= 0.6 is 27.7 Å². The molecule has 0 fully saturated rings. The van der Waals surface area contributed by atoms with E-state index in [0.29, 0.717) is 12.2 Å². The topological polar surface area (TPSA) is 17.1 Å². The molecule has 0 bridgehead atoms. The Kier molecular flexibility index (Phi) is 5.52. The van der Waals surface area contributed by atoms with Gasteiger partial charge in [-0.1, -0.05) is 27.9 Å². The minimum absolute atomic E-state index is 0.175. The van der Waals surface area contributed by atoms with Gasteiger partial charge < -0.3 is 0 Å². The van der Waals surface area contributed by atoms with E-state index in [1.807, 2.05) is 24.3 Å². The third-order valence-corrected chi connectivity index (χ3v) is 3.21. The first-order valence-electron chi connectivity index (χ1n) is 4.52. The zero-order valence-corrected chi connectivity index (χ0v) is 10.8. The Morgan fingerprint density at radius 2 is 2.33 bits per heavy atom. The lowest BCUT2D eigenvalue weighted by atomic mass is 10.3. The SMILES string of the molecule is CC#CCC(=O)CSc1cccc(Br)c1. The number of hydrogen-bond acceptors (Lipinski definition) is 2. The summed E-state index contributed by atoms with van der Waals surface area (Å²) in [7, 11) is 0. The molecule has 0 atom stereocenters. The van der Waals surface area contributed by atoms with Gasteiger partial charge >= 0.3 is 0 Å². The van der Waals surface area contributed by atoms with Gasteiger partial charge in [0.2, 0.25) is 0 Å². The lowest BCUT2D eigenvalue weighted by Crippen LogP contribution is -1.98. The van der Waals surface area contributed by atoms with Crippen LogP contribution in [-0.2, 0) is 4.79 Å². The van der Waals surface area contributed by atoms with E-state index in [0.717, 1.165) is 9.37 Å². The van der Waals surface area contributed by atoms with Crippen LogP contribution in [0.2, 0.25) is 0 Å². The fraction of sp³-hybridized carbons (Fsp3) is 0.250. The normalized spacial score (nSPS) is 9.20. The van der Waals surface area contributed by atoms with Crippen LogP contribution in [0, 0.1) is 11.8 Å². The van der Waals surface area contributed by atoms with Gasteiger partial charge in [0.25, 0.3) is 0 Å². The highest BCUT2D eigenvalue weighted by Gasteiger charge is 2.01. The highest BCUT2D eigenvalue weighted by atomic mass is 79.9. The Bertz CT molecular complexity index is 404. The highest BCUT2D eigenvalue weighted by molar-refractivity contribution is 9.10. The molecular formula is C12H11BrOS. The summed E-state index contributed by atoms with van der Waals surface area (Å²) in [5, 5.41) is 0. The fourth-order valence-corrected chi connectivity index (χ4v) is 2.32. The van der Waals surface area contributed by atoms with Gasteiger partial charge in [-0.2, -0.15) is 0 Å². The number of hydrogen-bond donors (Lipinski definition) is 0. The van der Waals surface area contributed by atoms with Crippen LogP contribution in [0.5, 0.6) is 0 Å². The monoisotopic (exact) mass is 282 g/mol. The van der Waals surface area contributed by atoms with Crippen molar-refractivity contribution in [1.82, 2.24) is 0 Å². The second kappa shape index (κ2) is 6.71. The largest absolute Gasteiger partial charge is 0.298 e. The van der Waals surface area contributed by atoms with Gasteiger partial charge in [-0.15, -0.1) is 17.7 Å². The predicted molar refractivity (Wildman–Crippen MR) is 67.9 cm³/mol. The maximum Gasteiger partial charge on any atom is 0.154 e. The second-order valence-electron chi connectivity index (χ2n) is 2.89. The number of halogens is 1. The summed E-state index contributed by atoms with van der Waals surface area (Å²) in [6, 6.07) is 7.93. The predicted octanol–water partition coefficient (Wildman–Crippen LogP) is 3.52. The zero-order valence-electron chi connectivity index (χ0n) is 8.42. The van der Waals surface area contributed by atoms with E-state index in [9.17, 15) is 4.79 Å². The molecule has 0 aliphatic rings. The number of Topliss-reactive ketones (excluding diaryl/α,β-unsaturated/α-hetero) is 1. The lowest BCUT2D eigenvalue weighted by molar-refractivity contribution is -0.115. The minimum Gasteiger partial charge on any atom is -0.298 e. The van der Waals surface area contributed by atoms with Crippen LogP contribution in [0.15, 0.2) is 33.6 Å². The van der Waals surface area contributed by atoms with Crippen LogP contribution in [0.4, 0.5) is 0 Å². The molecule has 0 heterocycles. The molecule has 0 amide bonds. The summed E-state index contributed by atoms with van der Waals surface area (Å²) < 4.78 is 1.04. The first-order valence-corrected chi connectivity index (χ1v) is 6.30. The van der Waals surface area contributed by atoms with Crippen LogP contribution in [0.25, 0.3) is 0 Å². The molecule has 0 aromatic heterocycles. The number of carbonyl (C=O) groups excluding carboxylic acids is 1. The molecule has 1 nitrogen and oxygen atoms in total. The Labute approximate surface area is 103 Å². The first-order chi connectivity index (χ1) is 7.22. The van der Waals surface area contributed by atoms with Gasteiger partial charge in [-0.25, -0.2) is 0 Å². The Morgan fingerprint density at radius 3 is 3.00 bits per heavy atom. The molecule has 78 valence electrons. The van der Waals surface area contributed by atoms with Crippen LogP contribution in [-0.4, -0.2) is 11.5 Å². The smallest absolute Gasteiger partial charge is 0.154 e. The van der Waals surface area contributed by atoms with Gasteiger partial charge in [0, 0.05) is 9.37 Å². The van der Waals surface area contributed by atoms with Gasteiger partial charge in [-0.3, -0.25) is 4.79 Å². The molecule has 0 unspecified atom stereocenters. The lowest BCUT2D eigenvalue weighted by Gasteiger charge is -1.99. The molecule has 0 spiro atoms. The Morgan fingerprint density at radius 1 is 1.53 bits per heavy atom. The molecule has 0 aliphatic heterocycles. The average molecular weight is 283 g/mol. The van der Waals surface area contributed by atoms with Crippen molar-refractivity contribution in [3.8, 4) is 11.8 Å². The van der Waals surface area contributed by atoms with Gasteiger partial charge in [0.1, 0.15) is 0 Å². The van der Waals surface area contributed by atoms with E-state index in [1.54, 1.807) is 18.7 Å². The summed E-state index contributed by atoms with van der Waals surface area (Å²) in [5.74, 6) is 6.16. The molecule has 1 aromatic carbocycles. The molecule has 1 aromatic rings. The summed E-state index contributed by atoms with van der Waals surface area (Å²) in [5.41, 5.74) is 0. The van der Waals surface area contributed by atoms with Crippen molar-refractivity contribution in [3.63, 3.8) is 0 Å². The Hall–Kier alpha value is -0.720. The fourth-order valence-electron chi connectivity index (χ4n) is 0.959. The molecule has 1 rings (SSSR count). The van der Waals surface area contributed by atoms with Crippen molar-refractivity contribution in [1.29, 1.82) is 0 Å². The molecule has 15 heavy (non-hydrogen) atoms. The molecule has 0 N–H and O–H groups in total. The van der Waals surface area contributed by atoms with E-state index in [1.165, 1.54) is 0 Å². The molecule has 0 aliphatic carbocycles. The zero-order chi connectivity index (χ0) is 11.1. The maximum atomic E-state index is 11.3. The summed E-state index contributed by atoms with van der Waals surface area (Å²) in [6.45, 7) is 1.74. The molecule has 0 saturated heterocycles. The van der Waals surface area contributed by atoms with E-state index in [4.69, 9.17) is 0 Å². The molecule has 0 radical (unpaired) electrons. The summed E-state index contributed by atoms with van der Waals surface area (Å²) in [4.78, 5) is 12.4. The summed E-state index contributed by atoms with van der Waals surface area (Å²) >= 11 is 4.94. The number of ketones is 1. The van der Waals surface area contributed by atoms with Crippen LogP contribution < -0.4 is 0 Å². The first kappa shape index (κ1) is 12.4. The third kappa shape index (κ3) is 5.06. The summed E-state index contributed by atoms with van der Waals surface area (Å²) in [6.07, 6.45) is 0.359. The van der Waals surface area contributed by atoms with Crippen molar-refractivity contribution in [2.45, 2.75) is 18.2 Å². The van der Waals surface area contributed by atoms with Crippen molar-refractivity contribution >= 4 is 33.5 Å². The van der Waals surface area contributed by atoms with Gasteiger partial charge in [0.05, 0.1) is 12.2 Å². The van der Waals surface area contributed by atoms with Crippen molar-refractivity contribution in [2.75, 3.05) is 5.75 Å². The quantitative estimate of drug-likeness (QED) is 0.621. The molecule has 3 heteroatoms. The van der Waals surface area contributed by atoms with E-state index in [-0.39, 0.29) is 5.78 Å². The number of thioether (sulfide) groups is 1. The van der Waals surface area contributed by atoms with Crippen LogP contribution in [0.1, 0.15) is 13.3 Å². The maximum absolute atomic E-state index is 11.3. The van der Waals surface area contributed by atoms with Crippen molar-refractivity contribution in [2.24, 2.45) is 0 Å². The van der Waals surface area contributed by atoms with Crippen LogP contribution in [0.3, 0.4) is 0 Å².